The zero-order valence-electron chi connectivity index (χ0n) is 27.2. The summed E-state index contributed by atoms with van der Waals surface area (Å²) >= 11 is 0. The number of carboxylic acids is 1. The van der Waals surface area contributed by atoms with E-state index >= 15 is 0 Å². The molecule has 0 aromatic rings. The van der Waals surface area contributed by atoms with E-state index in [4.69, 9.17) is 9.84 Å². The van der Waals surface area contributed by atoms with Crippen LogP contribution in [0, 0.1) is 5.92 Å². The molecule has 0 bridgehead atoms. The van der Waals surface area contributed by atoms with Crippen LogP contribution in [0.2, 0.25) is 0 Å². The summed E-state index contributed by atoms with van der Waals surface area (Å²) in [6.07, 6.45) is 41.5. The largest absolute Gasteiger partial charge is 0.481 e. The van der Waals surface area contributed by atoms with Gasteiger partial charge in [0, 0.05) is 0 Å². The molecule has 0 aliphatic heterocycles. The lowest BCUT2D eigenvalue weighted by molar-refractivity contribution is -0.152. The van der Waals surface area contributed by atoms with Gasteiger partial charge in [-0.25, -0.2) is 0 Å². The van der Waals surface area contributed by atoms with Crippen molar-refractivity contribution in [3.8, 4) is 0 Å². The normalized spacial score (nSPS) is 12.1. The summed E-state index contributed by atoms with van der Waals surface area (Å²) in [6, 6.07) is 0. The summed E-state index contributed by atoms with van der Waals surface area (Å²) in [5, 5.41) is 9.03. The van der Waals surface area contributed by atoms with E-state index in [1.54, 1.807) is 0 Å². The molecule has 0 saturated carbocycles. The van der Waals surface area contributed by atoms with Crippen LogP contribution in [0.1, 0.15) is 187 Å². The minimum Gasteiger partial charge on any atom is -0.481 e. The third-order valence-corrected chi connectivity index (χ3v) is 8.14. The fourth-order valence-electron chi connectivity index (χ4n) is 5.54. The molecule has 0 saturated heterocycles. The standard InChI is InChI=1S/C37H68O4/c1-3-5-6-7-8-9-10-11-12-13-14-15-16-17-18-19-20-21-22-23-24-25-26-27-28-29-30-31-32-35(34-36(38)39)37(40)41-33-4-2/h4,6-7,35H,2-3,5,8-34H2,1H3,(H,38,39)/b7-6+. The molecule has 4 nitrogen and oxygen atoms in total. The van der Waals surface area contributed by atoms with Gasteiger partial charge in [0.05, 0.1) is 12.3 Å². The lowest BCUT2D eigenvalue weighted by atomic mass is 9.97. The third-order valence-electron chi connectivity index (χ3n) is 8.14. The minimum absolute atomic E-state index is 0.145. The molecule has 0 fully saturated rings. The van der Waals surface area contributed by atoms with Gasteiger partial charge >= 0.3 is 11.9 Å². The van der Waals surface area contributed by atoms with E-state index in [1.165, 1.54) is 160 Å². The van der Waals surface area contributed by atoms with Crippen molar-refractivity contribution in [2.24, 2.45) is 5.92 Å². The van der Waals surface area contributed by atoms with Crippen LogP contribution in [-0.4, -0.2) is 23.7 Å². The van der Waals surface area contributed by atoms with Crippen molar-refractivity contribution in [2.45, 2.75) is 187 Å². The van der Waals surface area contributed by atoms with Gasteiger partial charge in [0.2, 0.25) is 0 Å². The summed E-state index contributed by atoms with van der Waals surface area (Å²) in [7, 11) is 0. The average Bonchev–Trinajstić information content (AvgIpc) is 2.96. The first-order chi connectivity index (χ1) is 20.1. The van der Waals surface area contributed by atoms with Crippen molar-refractivity contribution < 1.29 is 19.4 Å². The molecule has 4 heteroatoms. The van der Waals surface area contributed by atoms with Crippen LogP contribution in [0.3, 0.4) is 0 Å². The van der Waals surface area contributed by atoms with Gasteiger partial charge in [-0.3, -0.25) is 9.59 Å². The summed E-state index contributed by atoms with van der Waals surface area (Å²) in [5.74, 6) is -1.88. The number of unbranched alkanes of at least 4 members (excludes halogenated alkanes) is 24. The topological polar surface area (TPSA) is 63.6 Å². The van der Waals surface area contributed by atoms with Crippen molar-refractivity contribution in [3.63, 3.8) is 0 Å². The van der Waals surface area contributed by atoms with Crippen molar-refractivity contribution in [1.82, 2.24) is 0 Å². The lowest BCUT2D eigenvalue weighted by Gasteiger charge is -2.13. The number of ether oxygens (including phenoxy) is 1. The number of aliphatic carboxylic acids is 1. The Bertz CT molecular complexity index is 612. The SMILES string of the molecule is C=CCOC(=O)C(CCCCCCCCCCCCCCCCCCCCCCCCC/C=C/CCC)CC(=O)O. The second-order valence-electron chi connectivity index (χ2n) is 12.2. The van der Waals surface area contributed by atoms with Gasteiger partial charge in [-0.2, -0.15) is 0 Å². The third kappa shape index (κ3) is 31.2. The maximum atomic E-state index is 12.0. The highest BCUT2D eigenvalue weighted by Gasteiger charge is 2.22. The molecule has 0 amide bonds. The van der Waals surface area contributed by atoms with E-state index in [0.29, 0.717) is 6.42 Å². The Kier molecular flexibility index (Phi) is 31.7. The van der Waals surface area contributed by atoms with Crippen LogP contribution in [0.15, 0.2) is 24.8 Å². The lowest BCUT2D eigenvalue weighted by Crippen LogP contribution is -2.21. The van der Waals surface area contributed by atoms with Crippen molar-refractivity contribution >= 4 is 11.9 Å². The fourth-order valence-corrected chi connectivity index (χ4v) is 5.54. The molecule has 0 spiro atoms. The Morgan fingerprint density at radius 3 is 1.34 bits per heavy atom. The number of rotatable bonds is 33. The number of carbonyl (C=O) groups excluding carboxylic acids is 1. The average molecular weight is 577 g/mol. The quantitative estimate of drug-likeness (QED) is 0.0479. The summed E-state index contributed by atoms with van der Waals surface area (Å²) in [5.41, 5.74) is 0. The minimum atomic E-state index is -0.940. The highest BCUT2D eigenvalue weighted by molar-refractivity contribution is 5.79. The second-order valence-corrected chi connectivity index (χ2v) is 12.2. The van der Waals surface area contributed by atoms with Crippen LogP contribution in [0.25, 0.3) is 0 Å². The van der Waals surface area contributed by atoms with E-state index in [1.807, 2.05) is 0 Å². The highest BCUT2D eigenvalue weighted by atomic mass is 16.5. The molecule has 1 atom stereocenters. The van der Waals surface area contributed by atoms with Gasteiger partial charge in [-0.1, -0.05) is 179 Å². The summed E-state index contributed by atoms with van der Waals surface area (Å²) < 4.78 is 5.05. The van der Waals surface area contributed by atoms with Gasteiger partial charge in [0.25, 0.3) is 0 Å². The molecular weight excluding hydrogens is 508 g/mol. The van der Waals surface area contributed by atoms with Crippen LogP contribution >= 0.6 is 0 Å². The molecule has 0 heterocycles. The first-order valence-electron chi connectivity index (χ1n) is 17.8. The van der Waals surface area contributed by atoms with E-state index < -0.39 is 17.9 Å². The fraction of sp³-hybridized carbons (Fsp3) is 0.838. The first-order valence-corrected chi connectivity index (χ1v) is 17.8. The van der Waals surface area contributed by atoms with Crippen molar-refractivity contribution in [1.29, 1.82) is 0 Å². The monoisotopic (exact) mass is 577 g/mol. The van der Waals surface area contributed by atoms with E-state index in [-0.39, 0.29) is 13.0 Å². The maximum absolute atomic E-state index is 12.0. The van der Waals surface area contributed by atoms with Crippen LogP contribution < -0.4 is 0 Å². The van der Waals surface area contributed by atoms with E-state index in [0.717, 1.165) is 12.8 Å². The van der Waals surface area contributed by atoms with Gasteiger partial charge in [-0.05, 0) is 25.7 Å². The Morgan fingerprint density at radius 1 is 0.610 bits per heavy atom. The molecule has 0 aromatic carbocycles. The van der Waals surface area contributed by atoms with Crippen molar-refractivity contribution in [3.05, 3.63) is 24.8 Å². The molecule has 0 aromatic heterocycles. The number of allylic oxidation sites excluding steroid dienone is 2. The molecule has 240 valence electrons. The molecule has 0 radical (unpaired) electrons. The van der Waals surface area contributed by atoms with Crippen LogP contribution in [0.4, 0.5) is 0 Å². The Labute approximate surface area is 255 Å². The van der Waals surface area contributed by atoms with Gasteiger partial charge in [-0.15, -0.1) is 0 Å². The molecule has 1 unspecified atom stereocenters. The molecule has 41 heavy (non-hydrogen) atoms. The van der Waals surface area contributed by atoms with E-state index in [2.05, 4.69) is 25.7 Å². The maximum Gasteiger partial charge on any atom is 0.309 e. The molecule has 0 aliphatic rings. The molecule has 1 N–H and O–H groups in total. The summed E-state index contributed by atoms with van der Waals surface area (Å²) in [4.78, 5) is 23.0. The predicted molar refractivity (Wildman–Crippen MR) is 176 cm³/mol. The smallest absolute Gasteiger partial charge is 0.309 e. The summed E-state index contributed by atoms with van der Waals surface area (Å²) in [6.45, 7) is 5.92. The van der Waals surface area contributed by atoms with E-state index in [9.17, 15) is 9.59 Å². The predicted octanol–water partition coefficient (Wildman–Crippen LogP) is 11.9. The Balaban J connectivity index is 3.30. The highest BCUT2D eigenvalue weighted by Crippen LogP contribution is 2.19. The van der Waals surface area contributed by atoms with Crippen LogP contribution in [-0.2, 0) is 14.3 Å². The van der Waals surface area contributed by atoms with Gasteiger partial charge in [0.1, 0.15) is 6.61 Å². The second kappa shape index (κ2) is 32.9. The Hall–Kier alpha value is -1.58. The zero-order valence-corrected chi connectivity index (χ0v) is 27.2. The number of carboxylic acid groups (broad SMARTS) is 1. The number of carbonyl (C=O) groups is 2. The number of esters is 1. The molecule has 0 aliphatic carbocycles. The number of hydrogen-bond acceptors (Lipinski definition) is 3. The zero-order chi connectivity index (χ0) is 30.1. The first kappa shape index (κ1) is 39.4. The molecule has 0 rings (SSSR count). The van der Waals surface area contributed by atoms with Gasteiger partial charge in [0.15, 0.2) is 0 Å². The Morgan fingerprint density at radius 2 is 0.976 bits per heavy atom. The van der Waals surface area contributed by atoms with Gasteiger partial charge < -0.3 is 9.84 Å². The van der Waals surface area contributed by atoms with Crippen LogP contribution in [0.5, 0.6) is 0 Å². The number of hydrogen-bond donors (Lipinski definition) is 1. The van der Waals surface area contributed by atoms with Crippen molar-refractivity contribution in [2.75, 3.05) is 6.61 Å². The molecular formula is C37H68O4.